The highest BCUT2D eigenvalue weighted by Crippen LogP contribution is 2.42. The van der Waals surface area contributed by atoms with Gasteiger partial charge in [0.1, 0.15) is 17.2 Å². The zero-order valence-electron chi connectivity index (χ0n) is 17.2. The van der Waals surface area contributed by atoms with Gasteiger partial charge >= 0.3 is 5.97 Å². The molecule has 9 heteroatoms. The number of halogens is 2. The molecule has 0 bridgehead atoms. The SMILES string of the molecule is CC(=O)c1ccc2c(c1)[C@@H](NC(=O)c1ccc(F)c(Cl)c1)[C@H](OC(=O)CN)C(C)(C)O2. The summed E-state index contributed by atoms with van der Waals surface area (Å²) in [7, 11) is 0. The number of fused-ring (bicyclic) bond motifs is 1. The van der Waals surface area contributed by atoms with E-state index in [4.69, 9.17) is 26.8 Å². The number of hydrogen-bond acceptors (Lipinski definition) is 6. The Morgan fingerprint density at radius 3 is 2.48 bits per heavy atom. The van der Waals surface area contributed by atoms with E-state index in [9.17, 15) is 18.8 Å². The number of hydrogen-bond donors (Lipinski definition) is 2. The molecule has 3 rings (SSSR count). The van der Waals surface area contributed by atoms with E-state index in [0.29, 0.717) is 16.9 Å². The van der Waals surface area contributed by atoms with Gasteiger partial charge in [0.2, 0.25) is 0 Å². The summed E-state index contributed by atoms with van der Waals surface area (Å²) in [5.74, 6) is -1.66. The van der Waals surface area contributed by atoms with E-state index < -0.39 is 35.4 Å². The van der Waals surface area contributed by atoms with Crippen LogP contribution in [0.4, 0.5) is 4.39 Å². The van der Waals surface area contributed by atoms with Crippen molar-refractivity contribution >= 4 is 29.3 Å². The first-order valence-electron chi connectivity index (χ1n) is 9.53. The van der Waals surface area contributed by atoms with Crippen LogP contribution >= 0.6 is 11.6 Å². The molecule has 7 nitrogen and oxygen atoms in total. The third kappa shape index (κ3) is 4.70. The summed E-state index contributed by atoms with van der Waals surface area (Å²) in [5, 5.41) is 2.61. The van der Waals surface area contributed by atoms with E-state index in [0.717, 1.165) is 6.07 Å². The molecule has 0 spiro atoms. The van der Waals surface area contributed by atoms with Crippen molar-refractivity contribution in [1.82, 2.24) is 5.32 Å². The average molecular weight is 449 g/mol. The lowest BCUT2D eigenvalue weighted by molar-refractivity contribution is -0.163. The van der Waals surface area contributed by atoms with Crippen LogP contribution in [0, 0.1) is 5.82 Å². The van der Waals surface area contributed by atoms with Gasteiger partial charge in [-0.25, -0.2) is 4.39 Å². The number of rotatable bonds is 5. The fraction of sp³-hybridized carbons (Fsp3) is 0.318. The molecular formula is C22H22ClFN2O5. The Morgan fingerprint density at radius 2 is 1.87 bits per heavy atom. The first-order chi connectivity index (χ1) is 14.5. The number of benzene rings is 2. The lowest BCUT2D eigenvalue weighted by Crippen LogP contribution is -2.55. The van der Waals surface area contributed by atoms with Gasteiger partial charge < -0.3 is 20.5 Å². The Labute approximate surface area is 183 Å². The number of nitrogens with one attached hydrogen (secondary N) is 1. The predicted octanol–water partition coefficient (Wildman–Crippen LogP) is 3.19. The topological polar surface area (TPSA) is 108 Å². The second-order valence-electron chi connectivity index (χ2n) is 7.71. The molecule has 0 unspecified atom stereocenters. The normalized spacial score (nSPS) is 19.0. The van der Waals surface area contributed by atoms with Crippen LogP contribution in [0.2, 0.25) is 5.02 Å². The fourth-order valence-corrected chi connectivity index (χ4v) is 3.60. The van der Waals surface area contributed by atoms with Gasteiger partial charge in [0.15, 0.2) is 11.9 Å². The average Bonchev–Trinajstić information content (AvgIpc) is 2.71. The minimum atomic E-state index is -1.03. The van der Waals surface area contributed by atoms with Crippen molar-refractivity contribution in [2.45, 2.75) is 38.5 Å². The van der Waals surface area contributed by atoms with E-state index in [1.807, 2.05) is 0 Å². The van der Waals surface area contributed by atoms with Crippen molar-refractivity contribution in [2.24, 2.45) is 5.73 Å². The lowest BCUT2D eigenvalue weighted by Gasteiger charge is -2.44. The Hall–Kier alpha value is -2.97. The van der Waals surface area contributed by atoms with Gasteiger partial charge in [-0.05, 0) is 57.2 Å². The molecular weight excluding hydrogens is 427 g/mol. The molecule has 2 aromatic carbocycles. The van der Waals surface area contributed by atoms with Crippen molar-refractivity contribution in [3.63, 3.8) is 0 Å². The molecule has 164 valence electrons. The molecule has 3 N–H and O–H groups in total. The lowest BCUT2D eigenvalue weighted by atomic mass is 9.85. The molecule has 2 aromatic rings. The van der Waals surface area contributed by atoms with Gasteiger partial charge in [0.05, 0.1) is 17.6 Å². The van der Waals surface area contributed by atoms with Crippen LogP contribution in [0.15, 0.2) is 36.4 Å². The molecule has 31 heavy (non-hydrogen) atoms. The summed E-state index contributed by atoms with van der Waals surface area (Å²) >= 11 is 5.80. The van der Waals surface area contributed by atoms with E-state index >= 15 is 0 Å². The summed E-state index contributed by atoms with van der Waals surface area (Å²) in [6.07, 6.45) is -0.960. The molecule has 1 aliphatic heterocycles. The largest absolute Gasteiger partial charge is 0.484 e. The van der Waals surface area contributed by atoms with Crippen LogP contribution < -0.4 is 15.8 Å². The summed E-state index contributed by atoms with van der Waals surface area (Å²) < 4.78 is 25.0. The van der Waals surface area contributed by atoms with E-state index in [2.05, 4.69) is 5.32 Å². The molecule has 1 heterocycles. The number of carbonyl (C=O) groups excluding carboxylic acids is 3. The molecule has 0 aromatic heterocycles. The van der Waals surface area contributed by atoms with E-state index in [-0.39, 0.29) is 22.9 Å². The van der Waals surface area contributed by atoms with Crippen LogP contribution in [0.3, 0.4) is 0 Å². The van der Waals surface area contributed by atoms with E-state index in [1.165, 1.54) is 19.1 Å². The monoisotopic (exact) mass is 448 g/mol. The first-order valence-corrected chi connectivity index (χ1v) is 9.90. The number of Topliss-reactive ketones (excluding diaryl/α,β-unsaturated/α-hetero) is 1. The highest BCUT2D eigenvalue weighted by Gasteiger charge is 2.47. The summed E-state index contributed by atoms with van der Waals surface area (Å²) in [6.45, 7) is 4.46. The maximum Gasteiger partial charge on any atom is 0.320 e. The highest BCUT2D eigenvalue weighted by atomic mass is 35.5. The van der Waals surface area contributed by atoms with Crippen LogP contribution in [0.1, 0.15) is 53.1 Å². The maximum absolute atomic E-state index is 13.5. The van der Waals surface area contributed by atoms with Crippen molar-refractivity contribution < 1.29 is 28.2 Å². The Bertz CT molecular complexity index is 1060. The quantitative estimate of drug-likeness (QED) is 0.537. The third-order valence-corrected chi connectivity index (χ3v) is 5.30. The van der Waals surface area contributed by atoms with Gasteiger partial charge in [-0.3, -0.25) is 14.4 Å². The third-order valence-electron chi connectivity index (χ3n) is 5.01. The van der Waals surface area contributed by atoms with Crippen molar-refractivity contribution in [2.75, 3.05) is 6.54 Å². The number of nitrogens with two attached hydrogens (primary N) is 1. The standard InChI is InChI=1S/C22H22ClFN2O5/c1-11(27)12-5-7-17-14(8-12)19(20(22(2,3)31-17)30-18(28)10-25)26-21(29)13-4-6-16(24)15(23)9-13/h4-9,19-20H,10,25H2,1-3H3,(H,26,29)/t19-,20+/m1/s1. The number of esters is 1. The second-order valence-corrected chi connectivity index (χ2v) is 8.12. The van der Waals surface area contributed by atoms with Crippen LogP contribution in [-0.2, 0) is 9.53 Å². The van der Waals surface area contributed by atoms with E-state index in [1.54, 1.807) is 32.0 Å². The van der Waals surface area contributed by atoms with Crippen LogP contribution in [0.5, 0.6) is 5.75 Å². The minimum Gasteiger partial charge on any atom is -0.484 e. The molecule has 0 saturated heterocycles. The number of carbonyl (C=O) groups is 3. The molecule has 0 aliphatic carbocycles. The van der Waals surface area contributed by atoms with Gasteiger partial charge in [0.25, 0.3) is 5.91 Å². The number of ketones is 1. The maximum atomic E-state index is 13.5. The van der Waals surface area contributed by atoms with Crippen LogP contribution in [0.25, 0.3) is 0 Å². The van der Waals surface area contributed by atoms with Gasteiger partial charge in [0, 0.05) is 16.7 Å². The van der Waals surface area contributed by atoms with Gasteiger partial charge in [-0.2, -0.15) is 0 Å². The van der Waals surface area contributed by atoms with Gasteiger partial charge in [-0.15, -0.1) is 0 Å². The summed E-state index contributed by atoms with van der Waals surface area (Å²) in [4.78, 5) is 36.9. The van der Waals surface area contributed by atoms with Crippen LogP contribution in [-0.4, -0.2) is 35.9 Å². The molecule has 1 amide bonds. The zero-order chi connectivity index (χ0) is 22.9. The smallest absolute Gasteiger partial charge is 0.320 e. The molecule has 1 aliphatic rings. The summed E-state index contributed by atoms with van der Waals surface area (Å²) in [6, 6.07) is 7.52. The minimum absolute atomic E-state index is 0.115. The predicted molar refractivity (Wildman–Crippen MR) is 112 cm³/mol. The first kappa shape index (κ1) is 22.7. The molecule has 0 saturated carbocycles. The Kier molecular flexibility index (Phi) is 6.33. The van der Waals surface area contributed by atoms with Gasteiger partial charge in [-0.1, -0.05) is 11.6 Å². The summed E-state index contributed by atoms with van der Waals surface area (Å²) in [5.41, 5.74) is 5.35. The van der Waals surface area contributed by atoms with Crippen molar-refractivity contribution in [1.29, 1.82) is 0 Å². The van der Waals surface area contributed by atoms with Crippen molar-refractivity contribution in [3.8, 4) is 5.75 Å². The second kappa shape index (κ2) is 8.64. The number of amides is 1. The number of ether oxygens (including phenoxy) is 2. The Morgan fingerprint density at radius 1 is 1.19 bits per heavy atom. The fourth-order valence-electron chi connectivity index (χ4n) is 3.42. The van der Waals surface area contributed by atoms with Crippen molar-refractivity contribution in [3.05, 3.63) is 63.9 Å². The molecule has 0 radical (unpaired) electrons. The highest BCUT2D eigenvalue weighted by molar-refractivity contribution is 6.31. The molecule has 0 fully saturated rings. The zero-order valence-corrected chi connectivity index (χ0v) is 18.0. The Balaban J connectivity index is 2.07. The molecule has 2 atom stereocenters.